The zero-order valence-corrected chi connectivity index (χ0v) is 11.2. The summed E-state index contributed by atoms with van der Waals surface area (Å²) in [5.41, 5.74) is 1.73. The van der Waals surface area contributed by atoms with Gasteiger partial charge in [-0.25, -0.2) is 0 Å². The third-order valence-corrected chi connectivity index (χ3v) is 3.02. The van der Waals surface area contributed by atoms with Gasteiger partial charge in [-0.15, -0.1) is 0 Å². The van der Waals surface area contributed by atoms with E-state index >= 15 is 0 Å². The Morgan fingerprint density at radius 1 is 1.21 bits per heavy atom. The van der Waals surface area contributed by atoms with Gasteiger partial charge in [-0.3, -0.25) is 14.4 Å². The average Bonchev–Trinajstić information content (AvgIpc) is 2.53. The fraction of sp³-hybridized carbons (Fsp3) is 0.400. The first-order valence-corrected chi connectivity index (χ1v) is 6.28. The molecule has 1 atom stereocenters. The summed E-state index contributed by atoms with van der Waals surface area (Å²) in [6.45, 7) is 5.36. The van der Waals surface area contributed by atoms with E-state index in [9.17, 15) is 14.4 Å². The number of carbonyl (C=O) groups is 3. The second-order valence-electron chi connectivity index (χ2n) is 5.20. The molecule has 0 N–H and O–H groups in total. The molecule has 0 saturated carbocycles. The second-order valence-corrected chi connectivity index (χ2v) is 5.20. The van der Waals surface area contributed by atoms with Gasteiger partial charge in [0.25, 0.3) is 0 Å². The van der Waals surface area contributed by atoms with Gasteiger partial charge >= 0.3 is 5.97 Å². The van der Waals surface area contributed by atoms with E-state index in [0.29, 0.717) is 17.0 Å². The lowest BCUT2D eigenvalue weighted by Gasteiger charge is -2.06. The minimum Gasteiger partial charge on any atom is -0.446 e. The molecular weight excluding hydrogens is 244 g/mol. The Morgan fingerprint density at radius 3 is 2.42 bits per heavy atom. The van der Waals surface area contributed by atoms with Crippen LogP contribution in [-0.2, 0) is 16.0 Å². The number of fused-ring (bicyclic) bond motifs is 1. The van der Waals surface area contributed by atoms with Crippen LogP contribution < -0.4 is 0 Å². The molecule has 1 aromatic rings. The van der Waals surface area contributed by atoms with Crippen LogP contribution in [0.1, 0.15) is 47.1 Å². The highest BCUT2D eigenvalue weighted by Crippen LogP contribution is 2.26. The van der Waals surface area contributed by atoms with Crippen LogP contribution in [0.4, 0.5) is 0 Å². The van der Waals surface area contributed by atoms with Crippen LogP contribution >= 0.6 is 0 Å². The normalized spacial score (nSPS) is 17.8. The summed E-state index contributed by atoms with van der Waals surface area (Å²) >= 11 is 0. The number of carbonyl (C=O) groups excluding carboxylic acids is 3. The summed E-state index contributed by atoms with van der Waals surface area (Å²) in [7, 11) is 0. The molecule has 0 spiro atoms. The van der Waals surface area contributed by atoms with E-state index in [1.165, 1.54) is 6.92 Å². The molecule has 0 aliphatic heterocycles. The van der Waals surface area contributed by atoms with Crippen molar-refractivity contribution in [3.63, 3.8) is 0 Å². The first-order valence-electron chi connectivity index (χ1n) is 6.28. The maximum Gasteiger partial charge on any atom is 0.303 e. The number of benzene rings is 1. The molecule has 0 aromatic heterocycles. The molecule has 2 rings (SSSR count). The Balaban J connectivity index is 2.34. The molecule has 4 nitrogen and oxygen atoms in total. The third-order valence-electron chi connectivity index (χ3n) is 3.02. The van der Waals surface area contributed by atoms with Crippen LogP contribution in [0.15, 0.2) is 18.2 Å². The van der Waals surface area contributed by atoms with Gasteiger partial charge in [0.05, 0.1) is 0 Å². The molecule has 1 aliphatic carbocycles. The zero-order chi connectivity index (χ0) is 14.2. The predicted molar refractivity (Wildman–Crippen MR) is 69.2 cm³/mol. The Bertz CT molecular complexity index is 557. The Hall–Kier alpha value is -1.97. The standard InChI is InChI=1S/C15H16O4/c1-8(2)6-10-4-5-11-12(7-10)14(18)15(13(11)17)19-9(3)16/h4-5,7-8,15H,6H2,1-3H3. The van der Waals surface area contributed by atoms with Gasteiger partial charge < -0.3 is 4.74 Å². The first-order chi connectivity index (χ1) is 8.90. The summed E-state index contributed by atoms with van der Waals surface area (Å²) in [4.78, 5) is 35.0. The minimum absolute atomic E-state index is 0.351. The van der Waals surface area contributed by atoms with Crippen LogP contribution in [-0.4, -0.2) is 23.6 Å². The lowest BCUT2D eigenvalue weighted by Crippen LogP contribution is -2.27. The van der Waals surface area contributed by atoms with Crippen molar-refractivity contribution in [1.82, 2.24) is 0 Å². The molecule has 0 saturated heterocycles. The van der Waals surface area contributed by atoms with Gasteiger partial charge in [0.15, 0.2) is 0 Å². The van der Waals surface area contributed by atoms with Crippen molar-refractivity contribution in [2.45, 2.75) is 33.3 Å². The molecule has 4 heteroatoms. The average molecular weight is 260 g/mol. The van der Waals surface area contributed by atoms with E-state index in [1.54, 1.807) is 12.1 Å². The van der Waals surface area contributed by atoms with Crippen molar-refractivity contribution in [2.24, 2.45) is 5.92 Å². The van der Waals surface area contributed by atoms with E-state index in [4.69, 9.17) is 4.74 Å². The van der Waals surface area contributed by atoms with Gasteiger partial charge in [-0.2, -0.15) is 0 Å². The van der Waals surface area contributed by atoms with Gasteiger partial charge in [0.2, 0.25) is 17.7 Å². The van der Waals surface area contributed by atoms with E-state index in [0.717, 1.165) is 12.0 Å². The SMILES string of the molecule is CC(=O)OC1C(=O)c2ccc(CC(C)C)cc2C1=O. The fourth-order valence-corrected chi connectivity index (χ4v) is 2.28. The second kappa shape index (κ2) is 4.96. The quantitative estimate of drug-likeness (QED) is 0.617. The van der Waals surface area contributed by atoms with Crippen molar-refractivity contribution in [1.29, 1.82) is 0 Å². The number of hydrogen-bond acceptors (Lipinski definition) is 4. The minimum atomic E-state index is -1.29. The number of hydrogen-bond donors (Lipinski definition) is 0. The molecule has 1 aliphatic rings. The number of Topliss-reactive ketones (excluding diaryl/α,β-unsaturated/α-hetero) is 2. The van der Waals surface area contributed by atoms with E-state index < -0.39 is 23.6 Å². The van der Waals surface area contributed by atoms with Crippen molar-refractivity contribution in [3.8, 4) is 0 Å². The molecule has 0 fully saturated rings. The Morgan fingerprint density at radius 2 is 1.84 bits per heavy atom. The molecule has 0 amide bonds. The molecule has 19 heavy (non-hydrogen) atoms. The largest absolute Gasteiger partial charge is 0.446 e. The number of ketones is 2. The van der Waals surface area contributed by atoms with Gasteiger partial charge in [-0.05, 0) is 24.0 Å². The third kappa shape index (κ3) is 2.57. The van der Waals surface area contributed by atoms with E-state index in [1.807, 2.05) is 6.07 Å². The smallest absolute Gasteiger partial charge is 0.303 e. The molecule has 0 bridgehead atoms. The summed E-state index contributed by atoms with van der Waals surface area (Å²) in [5, 5.41) is 0. The van der Waals surface area contributed by atoms with Crippen molar-refractivity contribution in [2.75, 3.05) is 0 Å². The molecule has 1 aromatic carbocycles. The molecule has 1 unspecified atom stereocenters. The maximum absolute atomic E-state index is 12.1. The van der Waals surface area contributed by atoms with Gasteiger partial charge in [0.1, 0.15) is 0 Å². The zero-order valence-electron chi connectivity index (χ0n) is 11.2. The topological polar surface area (TPSA) is 60.4 Å². The van der Waals surface area contributed by atoms with Crippen LogP contribution in [0.3, 0.4) is 0 Å². The summed E-state index contributed by atoms with van der Waals surface area (Å²) < 4.78 is 4.80. The van der Waals surface area contributed by atoms with Crippen LogP contribution in [0.2, 0.25) is 0 Å². The molecular formula is C15H16O4. The molecule has 100 valence electrons. The van der Waals surface area contributed by atoms with Crippen LogP contribution in [0, 0.1) is 5.92 Å². The first kappa shape index (κ1) is 13.5. The van der Waals surface area contributed by atoms with Crippen molar-refractivity contribution >= 4 is 17.5 Å². The lowest BCUT2D eigenvalue weighted by molar-refractivity contribution is -0.142. The predicted octanol–water partition coefficient (Wildman–Crippen LogP) is 2.20. The van der Waals surface area contributed by atoms with E-state index in [2.05, 4.69) is 13.8 Å². The maximum atomic E-state index is 12.1. The summed E-state index contributed by atoms with van der Waals surface area (Å²) in [6.07, 6.45) is -0.450. The van der Waals surface area contributed by atoms with E-state index in [-0.39, 0.29) is 0 Å². The van der Waals surface area contributed by atoms with Crippen LogP contribution in [0.25, 0.3) is 0 Å². The highest BCUT2D eigenvalue weighted by Gasteiger charge is 2.41. The molecule has 0 heterocycles. The highest BCUT2D eigenvalue weighted by atomic mass is 16.5. The Kier molecular flexibility index (Phi) is 3.51. The number of esters is 1. The highest BCUT2D eigenvalue weighted by molar-refractivity contribution is 6.29. The van der Waals surface area contributed by atoms with Crippen LogP contribution in [0.5, 0.6) is 0 Å². The number of ether oxygens (including phenoxy) is 1. The van der Waals surface area contributed by atoms with Gasteiger partial charge in [-0.1, -0.05) is 26.0 Å². The fourth-order valence-electron chi connectivity index (χ4n) is 2.28. The molecule has 0 radical (unpaired) electrons. The van der Waals surface area contributed by atoms with Gasteiger partial charge in [0, 0.05) is 18.1 Å². The Labute approximate surface area is 111 Å². The lowest BCUT2D eigenvalue weighted by atomic mass is 9.99. The monoisotopic (exact) mass is 260 g/mol. The summed E-state index contributed by atoms with van der Waals surface area (Å²) in [6, 6.07) is 5.23. The summed E-state index contributed by atoms with van der Waals surface area (Å²) in [5.74, 6) is -0.997. The van der Waals surface area contributed by atoms with Crippen molar-refractivity contribution in [3.05, 3.63) is 34.9 Å². The number of rotatable bonds is 3. The van der Waals surface area contributed by atoms with Crippen molar-refractivity contribution < 1.29 is 19.1 Å².